The van der Waals surface area contributed by atoms with Gasteiger partial charge in [-0.05, 0) is 52.1 Å². The highest BCUT2D eigenvalue weighted by molar-refractivity contribution is 5.91. The predicted molar refractivity (Wildman–Crippen MR) is 81.8 cm³/mol. The van der Waals surface area contributed by atoms with Crippen molar-refractivity contribution in [2.75, 3.05) is 30.4 Å². The maximum Gasteiger partial charge on any atom is 0.225 e. The van der Waals surface area contributed by atoms with Crippen LogP contribution in [-0.2, 0) is 4.79 Å². The Kier molecular flexibility index (Phi) is 6.36. The first kappa shape index (κ1) is 15.5. The van der Waals surface area contributed by atoms with Crippen molar-refractivity contribution < 1.29 is 4.79 Å². The summed E-state index contributed by atoms with van der Waals surface area (Å²) < 4.78 is 0. The molecule has 0 atom stereocenters. The van der Waals surface area contributed by atoms with Gasteiger partial charge in [-0.2, -0.15) is 0 Å². The van der Waals surface area contributed by atoms with E-state index in [0.717, 1.165) is 12.2 Å². The van der Waals surface area contributed by atoms with E-state index in [1.807, 2.05) is 19.2 Å². The maximum absolute atomic E-state index is 11.6. The molecule has 106 valence electrons. The van der Waals surface area contributed by atoms with Crippen LogP contribution < -0.4 is 15.5 Å². The molecule has 0 aliphatic rings. The lowest BCUT2D eigenvalue weighted by Gasteiger charge is -2.27. The lowest BCUT2D eigenvalue weighted by Crippen LogP contribution is -2.30. The average molecular weight is 263 g/mol. The molecule has 0 heterocycles. The third-order valence-electron chi connectivity index (χ3n) is 3.05. The zero-order valence-corrected chi connectivity index (χ0v) is 12.4. The number of carbonyl (C=O) groups is 1. The smallest absolute Gasteiger partial charge is 0.225 e. The normalized spacial score (nSPS) is 10.6. The van der Waals surface area contributed by atoms with Crippen molar-refractivity contribution in [1.29, 1.82) is 0 Å². The Balaban J connectivity index is 2.63. The van der Waals surface area contributed by atoms with E-state index in [1.54, 1.807) is 0 Å². The van der Waals surface area contributed by atoms with Crippen molar-refractivity contribution in [3.63, 3.8) is 0 Å². The summed E-state index contributed by atoms with van der Waals surface area (Å²) in [4.78, 5) is 13.9. The number of benzene rings is 1. The molecule has 0 unspecified atom stereocenters. The molecule has 0 fully saturated rings. The zero-order chi connectivity index (χ0) is 14.3. The molecule has 1 amide bonds. The molecule has 0 saturated carbocycles. The molecular weight excluding hydrogens is 238 g/mol. The molecule has 0 bridgehead atoms. The van der Waals surface area contributed by atoms with Gasteiger partial charge in [-0.15, -0.1) is 0 Å². The number of nitrogens with one attached hydrogen (secondary N) is 2. The van der Waals surface area contributed by atoms with Crippen molar-refractivity contribution in [2.45, 2.75) is 33.2 Å². The molecule has 0 aromatic heterocycles. The van der Waals surface area contributed by atoms with Crippen LogP contribution in [0.25, 0.3) is 0 Å². The Morgan fingerprint density at radius 3 is 2.37 bits per heavy atom. The van der Waals surface area contributed by atoms with E-state index >= 15 is 0 Å². The minimum absolute atomic E-state index is 0.0401. The van der Waals surface area contributed by atoms with Gasteiger partial charge in [0.15, 0.2) is 0 Å². The highest BCUT2D eigenvalue weighted by atomic mass is 16.1. The number of anilines is 2. The van der Waals surface area contributed by atoms with E-state index in [9.17, 15) is 4.79 Å². The molecule has 0 saturated heterocycles. The van der Waals surface area contributed by atoms with Gasteiger partial charge in [-0.25, -0.2) is 0 Å². The fraction of sp³-hybridized carbons (Fsp3) is 0.533. The molecule has 1 rings (SSSR count). The summed E-state index contributed by atoms with van der Waals surface area (Å²) in [5.74, 6) is 0.0401. The van der Waals surface area contributed by atoms with E-state index in [1.165, 1.54) is 5.69 Å². The van der Waals surface area contributed by atoms with Crippen LogP contribution >= 0.6 is 0 Å². The second kappa shape index (κ2) is 7.79. The Bertz CT molecular complexity index is 387. The first-order chi connectivity index (χ1) is 9.08. The average Bonchev–Trinajstić information content (AvgIpc) is 2.39. The van der Waals surface area contributed by atoms with Crippen molar-refractivity contribution in [2.24, 2.45) is 0 Å². The SMILES string of the molecule is CCN(c1ccc(NC(=O)CCNC)cc1)C(C)C. The highest BCUT2D eigenvalue weighted by Crippen LogP contribution is 2.19. The van der Waals surface area contributed by atoms with Gasteiger partial charge in [0.1, 0.15) is 0 Å². The Labute approximate surface area is 116 Å². The molecule has 1 aromatic carbocycles. The van der Waals surface area contributed by atoms with Crippen LogP contribution in [0.3, 0.4) is 0 Å². The molecule has 0 spiro atoms. The van der Waals surface area contributed by atoms with Gasteiger partial charge in [-0.3, -0.25) is 4.79 Å². The molecule has 19 heavy (non-hydrogen) atoms. The van der Waals surface area contributed by atoms with Gasteiger partial charge in [0, 0.05) is 36.9 Å². The van der Waals surface area contributed by atoms with E-state index < -0.39 is 0 Å². The predicted octanol–water partition coefficient (Wildman–Crippen LogP) is 2.47. The molecule has 4 nitrogen and oxygen atoms in total. The second-order valence-electron chi connectivity index (χ2n) is 4.83. The topological polar surface area (TPSA) is 44.4 Å². The largest absolute Gasteiger partial charge is 0.369 e. The minimum atomic E-state index is 0.0401. The van der Waals surface area contributed by atoms with Crippen LogP contribution in [0.1, 0.15) is 27.2 Å². The van der Waals surface area contributed by atoms with E-state index in [-0.39, 0.29) is 5.91 Å². The molecule has 1 aromatic rings. The monoisotopic (exact) mass is 263 g/mol. The Morgan fingerprint density at radius 2 is 1.89 bits per heavy atom. The van der Waals surface area contributed by atoms with Crippen LogP contribution in [0.15, 0.2) is 24.3 Å². The number of hydrogen-bond acceptors (Lipinski definition) is 3. The Hall–Kier alpha value is -1.55. The zero-order valence-electron chi connectivity index (χ0n) is 12.4. The summed E-state index contributed by atoms with van der Waals surface area (Å²) in [7, 11) is 1.84. The van der Waals surface area contributed by atoms with Gasteiger partial charge in [0.05, 0.1) is 0 Å². The molecule has 4 heteroatoms. The summed E-state index contributed by atoms with van der Waals surface area (Å²) in [6.45, 7) is 8.17. The van der Waals surface area contributed by atoms with Gasteiger partial charge < -0.3 is 15.5 Å². The standard InChI is InChI=1S/C15H25N3O/c1-5-18(12(2)3)14-8-6-13(7-9-14)17-15(19)10-11-16-4/h6-9,12,16H,5,10-11H2,1-4H3,(H,17,19). The highest BCUT2D eigenvalue weighted by Gasteiger charge is 2.08. The van der Waals surface area contributed by atoms with Crippen molar-refractivity contribution in [1.82, 2.24) is 5.32 Å². The van der Waals surface area contributed by atoms with Crippen LogP contribution in [-0.4, -0.2) is 32.1 Å². The fourth-order valence-corrected chi connectivity index (χ4v) is 2.04. The summed E-state index contributed by atoms with van der Waals surface area (Å²) in [5.41, 5.74) is 2.04. The van der Waals surface area contributed by atoms with Crippen LogP contribution in [0.2, 0.25) is 0 Å². The molecule has 0 radical (unpaired) electrons. The number of nitrogens with zero attached hydrogens (tertiary/aromatic N) is 1. The van der Waals surface area contributed by atoms with Gasteiger partial charge in [0.2, 0.25) is 5.91 Å². The van der Waals surface area contributed by atoms with Crippen molar-refractivity contribution >= 4 is 17.3 Å². The first-order valence-corrected chi connectivity index (χ1v) is 6.89. The van der Waals surface area contributed by atoms with Gasteiger partial charge >= 0.3 is 0 Å². The summed E-state index contributed by atoms with van der Waals surface area (Å²) in [6.07, 6.45) is 0.491. The summed E-state index contributed by atoms with van der Waals surface area (Å²) in [6, 6.07) is 8.49. The lowest BCUT2D eigenvalue weighted by atomic mass is 10.2. The lowest BCUT2D eigenvalue weighted by molar-refractivity contribution is -0.116. The van der Waals surface area contributed by atoms with Gasteiger partial charge in [0.25, 0.3) is 0 Å². The molecule has 2 N–H and O–H groups in total. The summed E-state index contributed by atoms with van der Waals surface area (Å²) >= 11 is 0. The number of rotatable bonds is 7. The van der Waals surface area contributed by atoms with Crippen LogP contribution in [0, 0.1) is 0 Å². The quantitative estimate of drug-likeness (QED) is 0.794. The fourth-order valence-electron chi connectivity index (χ4n) is 2.04. The molecule has 0 aliphatic heterocycles. The Morgan fingerprint density at radius 1 is 1.26 bits per heavy atom. The van der Waals surface area contributed by atoms with Crippen LogP contribution in [0.5, 0.6) is 0 Å². The van der Waals surface area contributed by atoms with Crippen molar-refractivity contribution in [3.8, 4) is 0 Å². The number of carbonyl (C=O) groups excluding carboxylic acids is 1. The third kappa shape index (κ3) is 4.91. The second-order valence-corrected chi connectivity index (χ2v) is 4.83. The van der Waals surface area contributed by atoms with Crippen molar-refractivity contribution in [3.05, 3.63) is 24.3 Å². The maximum atomic E-state index is 11.6. The molecule has 0 aliphatic carbocycles. The number of hydrogen-bond donors (Lipinski definition) is 2. The first-order valence-electron chi connectivity index (χ1n) is 6.89. The summed E-state index contributed by atoms with van der Waals surface area (Å²) in [5, 5.41) is 5.85. The van der Waals surface area contributed by atoms with E-state index in [0.29, 0.717) is 19.0 Å². The third-order valence-corrected chi connectivity index (χ3v) is 3.05. The molecular formula is C15H25N3O. The minimum Gasteiger partial charge on any atom is -0.369 e. The van der Waals surface area contributed by atoms with E-state index in [4.69, 9.17) is 0 Å². The van der Waals surface area contributed by atoms with Gasteiger partial charge in [-0.1, -0.05) is 0 Å². The van der Waals surface area contributed by atoms with E-state index in [2.05, 4.69) is 48.4 Å². The van der Waals surface area contributed by atoms with Crippen LogP contribution in [0.4, 0.5) is 11.4 Å². The number of amides is 1.